The number of nitrogens with one attached hydrogen (secondary N) is 1. The second kappa shape index (κ2) is 8.97. The highest BCUT2D eigenvalue weighted by molar-refractivity contribution is 5.92. The summed E-state index contributed by atoms with van der Waals surface area (Å²) in [6, 6.07) is 9.36. The number of anilines is 1. The van der Waals surface area contributed by atoms with Crippen molar-refractivity contribution < 1.29 is 9.72 Å². The fourth-order valence-corrected chi connectivity index (χ4v) is 3.44. The third-order valence-corrected chi connectivity index (χ3v) is 5.13. The van der Waals surface area contributed by atoms with Crippen molar-refractivity contribution in [2.45, 2.75) is 46.2 Å². The molecule has 2 aromatic rings. The molecule has 3 rings (SSSR count). The Morgan fingerprint density at radius 3 is 2.54 bits per heavy atom. The SMILES string of the molecule is Cc1cc([N+](=O)[O-])nn1CC(C)C(=O)Nc1ccc(CN2CCCCC2)cc1. The van der Waals surface area contributed by atoms with Crippen LogP contribution in [0.1, 0.15) is 37.4 Å². The summed E-state index contributed by atoms with van der Waals surface area (Å²) in [4.78, 5) is 25.2. The highest BCUT2D eigenvalue weighted by atomic mass is 16.6. The molecule has 1 aliphatic rings. The van der Waals surface area contributed by atoms with Gasteiger partial charge in [0.1, 0.15) is 0 Å². The maximum absolute atomic E-state index is 12.5. The van der Waals surface area contributed by atoms with Crippen molar-refractivity contribution in [2.24, 2.45) is 5.92 Å². The molecule has 0 radical (unpaired) electrons. The van der Waals surface area contributed by atoms with Gasteiger partial charge >= 0.3 is 5.82 Å². The number of amides is 1. The quantitative estimate of drug-likeness (QED) is 0.583. The third-order valence-electron chi connectivity index (χ3n) is 5.13. The lowest BCUT2D eigenvalue weighted by Gasteiger charge is -2.26. The summed E-state index contributed by atoms with van der Waals surface area (Å²) in [5, 5.41) is 17.7. The zero-order valence-corrected chi connectivity index (χ0v) is 16.4. The van der Waals surface area contributed by atoms with Crippen molar-refractivity contribution in [3.05, 3.63) is 51.7 Å². The molecule has 1 saturated heterocycles. The van der Waals surface area contributed by atoms with Gasteiger partial charge in [-0.25, -0.2) is 0 Å². The molecule has 1 aromatic carbocycles. The number of aromatic nitrogens is 2. The normalized spacial score (nSPS) is 15.9. The van der Waals surface area contributed by atoms with Crippen LogP contribution in [-0.4, -0.2) is 38.6 Å². The maximum atomic E-state index is 12.5. The molecule has 1 atom stereocenters. The molecule has 0 aliphatic carbocycles. The predicted octanol–water partition coefficient (Wildman–Crippen LogP) is 3.36. The summed E-state index contributed by atoms with van der Waals surface area (Å²) in [6.45, 7) is 7.07. The van der Waals surface area contributed by atoms with E-state index in [1.165, 1.54) is 35.6 Å². The zero-order valence-electron chi connectivity index (χ0n) is 16.4. The molecule has 0 saturated carbocycles. The Morgan fingerprint density at radius 2 is 1.93 bits per heavy atom. The lowest BCUT2D eigenvalue weighted by atomic mass is 10.1. The van der Waals surface area contributed by atoms with E-state index in [4.69, 9.17) is 0 Å². The standard InChI is InChI=1S/C20H27N5O3/c1-15(13-24-16(2)12-19(22-24)25(27)28)20(26)21-18-8-6-17(7-9-18)14-23-10-4-3-5-11-23/h6-9,12,15H,3-5,10-11,13-14H2,1-2H3,(H,21,26). The van der Waals surface area contributed by atoms with E-state index < -0.39 is 4.92 Å². The molecule has 28 heavy (non-hydrogen) atoms. The van der Waals surface area contributed by atoms with E-state index in [0.717, 1.165) is 25.3 Å². The Kier molecular flexibility index (Phi) is 6.41. The van der Waals surface area contributed by atoms with Gasteiger partial charge in [0.15, 0.2) is 0 Å². The number of carbonyl (C=O) groups is 1. The van der Waals surface area contributed by atoms with E-state index in [0.29, 0.717) is 12.2 Å². The molecule has 1 aromatic heterocycles. The van der Waals surface area contributed by atoms with Gasteiger partial charge in [0.2, 0.25) is 5.91 Å². The Hall–Kier alpha value is -2.74. The molecule has 0 bridgehead atoms. The number of piperidine rings is 1. The number of hydrogen-bond donors (Lipinski definition) is 1. The Balaban J connectivity index is 1.54. The molecule has 8 heteroatoms. The fraction of sp³-hybridized carbons (Fsp3) is 0.500. The van der Waals surface area contributed by atoms with Crippen molar-refractivity contribution in [3.63, 3.8) is 0 Å². The van der Waals surface area contributed by atoms with Crippen molar-refractivity contribution in [1.29, 1.82) is 0 Å². The largest absolute Gasteiger partial charge is 0.390 e. The van der Waals surface area contributed by atoms with Crippen LogP contribution in [0.15, 0.2) is 30.3 Å². The minimum atomic E-state index is -0.528. The summed E-state index contributed by atoms with van der Waals surface area (Å²) in [6.07, 6.45) is 3.86. The number of rotatable bonds is 7. The van der Waals surface area contributed by atoms with Crippen LogP contribution in [0.4, 0.5) is 11.5 Å². The van der Waals surface area contributed by atoms with Gasteiger partial charge in [-0.15, -0.1) is 0 Å². The van der Waals surface area contributed by atoms with Crippen LogP contribution in [-0.2, 0) is 17.9 Å². The molecule has 1 N–H and O–H groups in total. The minimum absolute atomic E-state index is 0.138. The average molecular weight is 385 g/mol. The van der Waals surface area contributed by atoms with E-state index in [-0.39, 0.29) is 17.6 Å². The van der Waals surface area contributed by atoms with Crippen LogP contribution < -0.4 is 5.32 Å². The first-order valence-electron chi connectivity index (χ1n) is 9.73. The lowest BCUT2D eigenvalue weighted by molar-refractivity contribution is -0.389. The second-order valence-electron chi connectivity index (χ2n) is 7.51. The summed E-state index contributed by atoms with van der Waals surface area (Å²) in [5.41, 5.74) is 2.66. The summed E-state index contributed by atoms with van der Waals surface area (Å²) >= 11 is 0. The highest BCUT2D eigenvalue weighted by Gasteiger charge is 2.21. The van der Waals surface area contributed by atoms with Crippen LogP contribution in [0.5, 0.6) is 0 Å². The Labute approximate surface area is 164 Å². The third kappa shape index (κ3) is 5.16. The van der Waals surface area contributed by atoms with Crippen LogP contribution in [0.25, 0.3) is 0 Å². The van der Waals surface area contributed by atoms with Gasteiger partial charge in [-0.2, -0.15) is 4.68 Å². The van der Waals surface area contributed by atoms with Crippen molar-refractivity contribution >= 4 is 17.4 Å². The van der Waals surface area contributed by atoms with Gasteiger partial charge in [0, 0.05) is 12.2 Å². The first-order valence-corrected chi connectivity index (χ1v) is 9.73. The highest BCUT2D eigenvalue weighted by Crippen LogP contribution is 2.17. The summed E-state index contributed by atoms with van der Waals surface area (Å²) in [7, 11) is 0. The fourth-order valence-electron chi connectivity index (χ4n) is 3.44. The zero-order chi connectivity index (χ0) is 20.1. The number of nitro groups is 1. The average Bonchev–Trinajstić information content (AvgIpc) is 3.05. The number of nitrogens with zero attached hydrogens (tertiary/aromatic N) is 4. The lowest BCUT2D eigenvalue weighted by Crippen LogP contribution is -2.29. The van der Waals surface area contributed by atoms with E-state index in [9.17, 15) is 14.9 Å². The molecular weight excluding hydrogens is 358 g/mol. The molecule has 1 amide bonds. The molecule has 2 heterocycles. The number of benzene rings is 1. The topological polar surface area (TPSA) is 93.3 Å². The van der Waals surface area contributed by atoms with Gasteiger partial charge in [-0.1, -0.05) is 25.5 Å². The van der Waals surface area contributed by atoms with Crippen LogP contribution in [0.2, 0.25) is 0 Å². The van der Waals surface area contributed by atoms with Gasteiger partial charge < -0.3 is 15.4 Å². The van der Waals surface area contributed by atoms with Gasteiger partial charge in [-0.3, -0.25) is 9.69 Å². The number of hydrogen-bond acceptors (Lipinski definition) is 5. The first-order chi connectivity index (χ1) is 13.4. The van der Waals surface area contributed by atoms with Crippen LogP contribution >= 0.6 is 0 Å². The second-order valence-corrected chi connectivity index (χ2v) is 7.51. The van der Waals surface area contributed by atoms with Crippen LogP contribution in [0.3, 0.4) is 0 Å². The molecule has 8 nitrogen and oxygen atoms in total. The molecule has 1 unspecified atom stereocenters. The predicted molar refractivity (Wildman–Crippen MR) is 107 cm³/mol. The van der Waals surface area contributed by atoms with Gasteiger partial charge in [0.25, 0.3) is 0 Å². The van der Waals surface area contributed by atoms with Gasteiger partial charge in [0.05, 0.1) is 29.3 Å². The maximum Gasteiger partial charge on any atom is 0.390 e. The summed E-state index contributed by atoms with van der Waals surface area (Å²) in [5.74, 6) is -0.707. The molecule has 1 aliphatic heterocycles. The minimum Gasteiger partial charge on any atom is -0.358 e. The summed E-state index contributed by atoms with van der Waals surface area (Å²) < 4.78 is 1.50. The molecule has 1 fully saturated rings. The number of likely N-dealkylation sites (tertiary alicyclic amines) is 1. The van der Waals surface area contributed by atoms with E-state index in [1.54, 1.807) is 13.8 Å². The van der Waals surface area contributed by atoms with E-state index >= 15 is 0 Å². The molecular formula is C20H27N5O3. The molecule has 150 valence electrons. The first kappa shape index (κ1) is 20.0. The monoisotopic (exact) mass is 385 g/mol. The van der Waals surface area contributed by atoms with E-state index in [2.05, 4.69) is 27.4 Å². The van der Waals surface area contributed by atoms with E-state index in [1.807, 2.05) is 12.1 Å². The van der Waals surface area contributed by atoms with Crippen molar-refractivity contribution in [3.8, 4) is 0 Å². The van der Waals surface area contributed by atoms with Crippen molar-refractivity contribution in [2.75, 3.05) is 18.4 Å². The Morgan fingerprint density at radius 1 is 1.25 bits per heavy atom. The van der Waals surface area contributed by atoms with Gasteiger partial charge in [-0.05, 0) is 55.5 Å². The van der Waals surface area contributed by atoms with Crippen LogP contribution in [0, 0.1) is 23.0 Å². The number of aryl methyl sites for hydroxylation is 1. The number of carbonyl (C=O) groups excluding carboxylic acids is 1. The van der Waals surface area contributed by atoms with Crippen molar-refractivity contribution in [1.82, 2.24) is 14.7 Å². The Bertz CT molecular complexity index is 825. The molecule has 0 spiro atoms. The smallest absolute Gasteiger partial charge is 0.358 e.